The van der Waals surface area contributed by atoms with Crippen molar-refractivity contribution in [2.75, 3.05) is 13.1 Å². The Morgan fingerprint density at radius 3 is 3.06 bits per heavy atom. The molecule has 0 unspecified atom stereocenters. The van der Waals surface area contributed by atoms with Crippen LogP contribution in [-0.4, -0.2) is 29.9 Å². The van der Waals surface area contributed by atoms with Crippen LogP contribution in [0.25, 0.3) is 0 Å². The summed E-state index contributed by atoms with van der Waals surface area (Å²) in [5.41, 5.74) is 7.02. The van der Waals surface area contributed by atoms with Crippen LogP contribution < -0.4 is 5.73 Å². The lowest BCUT2D eigenvalue weighted by Gasteiger charge is -2.39. The van der Waals surface area contributed by atoms with E-state index < -0.39 is 0 Å². The number of hydrogen-bond donors (Lipinski definition) is 1. The number of hydrogen-bond acceptors (Lipinski definition) is 3. The van der Waals surface area contributed by atoms with Crippen LogP contribution in [0.3, 0.4) is 0 Å². The lowest BCUT2D eigenvalue weighted by atomic mass is 9.90. The Balaban J connectivity index is 2.21. The zero-order chi connectivity index (χ0) is 13.1. The molecule has 1 fully saturated rings. The van der Waals surface area contributed by atoms with Gasteiger partial charge in [-0.3, -0.25) is 4.79 Å². The number of piperidine rings is 1. The molecule has 0 radical (unpaired) electrons. The fourth-order valence-electron chi connectivity index (χ4n) is 2.79. The highest BCUT2D eigenvalue weighted by molar-refractivity contribution is 7.12. The van der Waals surface area contributed by atoms with Crippen LogP contribution >= 0.6 is 11.3 Å². The van der Waals surface area contributed by atoms with Gasteiger partial charge in [-0.25, -0.2) is 0 Å². The molecule has 1 aromatic rings. The molecular weight excluding hydrogens is 244 g/mol. The average Bonchev–Trinajstić information content (AvgIpc) is 2.85. The summed E-state index contributed by atoms with van der Waals surface area (Å²) >= 11 is 1.56. The number of likely N-dealkylation sites (tertiary alicyclic amines) is 1. The minimum Gasteiger partial charge on any atom is -0.333 e. The number of nitrogens with two attached hydrogens (primary N) is 1. The first-order valence-electron chi connectivity index (χ1n) is 6.76. The Morgan fingerprint density at radius 1 is 1.61 bits per heavy atom. The highest BCUT2D eigenvalue weighted by atomic mass is 32.1. The highest BCUT2D eigenvalue weighted by Crippen LogP contribution is 2.27. The van der Waals surface area contributed by atoms with Crippen molar-refractivity contribution in [3.05, 3.63) is 21.9 Å². The summed E-state index contributed by atoms with van der Waals surface area (Å²) in [6.07, 6.45) is 3.19. The minimum atomic E-state index is 0.184. The second-order valence-corrected chi connectivity index (χ2v) is 5.97. The predicted octanol–water partition coefficient (Wildman–Crippen LogP) is 2.51. The molecule has 1 aliphatic heterocycles. The van der Waals surface area contributed by atoms with E-state index in [2.05, 4.69) is 19.9 Å². The molecule has 0 aromatic carbocycles. The van der Waals surface area contributed by atoms with E-state index in [9.17, 15) is 4.79 Å². The van der Waals surface area contributed by atoms with E-state index in [0.717, 1.165) is 24.3 Å². The molecule has 2 N–H and O–H groups in total. The predicted molar refractivity (Wildman–Crippen MR) is 76.0 cm³/mol. The summed E-state index contributed by atoms with van der Waals surface area (Å²) < 4.78 is 0. The first-order chi connectivity index (χ1) is 8.69. The maximum absolute atomic E-state index is 12.6. The molecule has 0 saturated carbocycles. The lowest BCUT2D eigenvalue weighted by molar-refractivity contribution is 0.0536. The van der Waals surface area contributed by atoms with E-state index in [1.807, 2.05) is 10.3 Å². The van der Waals surface area contributed by atoms with E-state index >= 15 is 0 Å². The maximum atomic E-state index is 12.6. The maximum Gasteiger partial charge on any atom is 0.264 e. The van der Waals surface area contributed by atoms with Crippen molar-refractivity contribution in [3.63, 3.8) is 0 Å². The third-order valence-electron chi connectivity index (χ3n) is 3.94. The van der Waals surface area contributed by atoms with Crippen molar-refractivity contribution in [3.8, 4) is 0 Å². The minimum absolute atomic E-state index is 0.184. The van der Waals surface area contributed by atoms with Gasteiger partial charge in [-0.15, -0.1) is 11.3 Å². The molecule has 2 heterocycles. The number of nitrogens with zero attached hydrogens (tertiary/aromatic N) is 1. The van der Waals surface area contributed by atoms with Gasteiger partial charge in [0.05, 0.1) is 4.88 Å². The van der Waals surface area contributed by atoms with Crippen LogP contribution in [0.5, 0.6) is 0 Å². The molecular formula is C14H22N2OS. The van der Waals surface area contributed by atoms with Gasteiger partial charge in [0.25, 0.3) is 5.91 Å². The van der Waals surface area contributed by atoms with Crippen LogP contribution in [-0.2, 0) is 6.42 Å². The second-order valence-electron chi connectivity index (χ2n) is 5.05. The summed E-state index contributed by atoms with van der Waals surface area (Å²) in [5.74, 6) is 0.696. The van der Waals surface area contributed by atoms with Crippen molar-refractivity contribution in [2.24, 2.45) is 11.7 Å². The van der Waals surface area contributed by atoms with E-state index in [-0.39, 0.29) is 11.9 Å². The average molecular weight is 266 g/mol. The van der Waals surface area contributed by atoms with Crippen molar-refractivity contribution >= 4 is 17.2 Å². The smallest absolute Gasteiger partial charge is 0.264 e. The Bertz CT molecular complexity index is 416. The number of aryl methyl sites for hydroxylation is 1. The van der Waals surface area contributed by atoms with Crippen LogP contribution in [0.1, 0.15) is 41.9 Å². The first kappa shape index (κ1) is 13.6. The van der Waals surface area contributed by atoms with Gasteiger partial charge in [-0.1, -0.05) is 13.8 Å². The standard InChI is InChI=1S/C14H22N2OS/c1-3-11-6-8-18-13(11)14(17)16-7-4-5-10(2)12(16)9-15/h6,8,10,12H,3-5,7,9,15H2,1-2H3/t10-,12-/m1/s1. The monoisotopic (exact) mass is 266 g/mol. The quantitative estimate of drug-likeness (QED) is 0.913. The summed E-state index contributed by atoms with van der Waals surface area (Å²) in [6.45, 7) is 5.72. The van der Waals surface area contributed by atoms with E-state index in [0.29, 0.717) is 12.5 Å². The van der Waals surface area contributed by atoms with Crippen LogP contribution in [0.2, 0.25) is 0 Å². The molecule has 2 rings (SSSR count). The van der Waals surface area contributed by atoms with Gasteiger partial charge in [-0.2, -0.15) is 0 Å². The van der Waals surface area contributed by atoms with Crippen LogP contribution in [0.4, 0.5) is 0 Å². The molecule has 4 heteroatoms. The number of rotatable bonds is 3. The molecule has 0 spiro atoms. The highest BCUT2D eigenvalue weighted by Gasteiger charge is 2.32. The molecule has 1 saturated heterocycles. The fraction of sp³-hybridized carbons (Fsp3) is 0.643. The SMILES string of the molecule is CCc1ccsc1C(=O)N1CCC[C@@H](C)[C@H]1CN. The van der Waals surface area contributed by atoms with Crippen molar-refractivity contribution in [1.29, 1.82) is 0 Å². The molecule has 1 aliphatic rings. The summed E-state index contributed by atoms with van der Waals surface area (Å²) in [4.78, 5) is 15.5. The number of thiophene rings is 1. The Kier molecular flexibility index (Phi) is 4.40. The first-order valence-corrected chi connectivity index (χ1v) is 7.64. The zero-order valence-electron chi connectivity index (χ0n) is 11.2. The molecule has 1 amide bonds. The largest absolute Gasteiger partial charge is 0.333 e. The summed E-state index contributed by atoms with van der Waals surface area (Å²) in [7, 11) is 0. The van der Waals surface area contributed by atoms with Crippen molar-refractivity contribution in [1.82, 2.24) is 4.90 Å². The number of amides is 1. The van der Waals surface area contributed by atoms with Crippen molar-refractivity contribution < 1.29 is 4.79 Å². The molecule has 1 aromatic heterocycles. The van der Waals surface area contributed by atoms with Gasteiger partial charge in [0.15, 0.2) is 0 Å². The molecule has 2 atom stereocenters. The fourth-order valence-corrected chi connectivity index (χ4v) is 3.74. The second kappa shape index (κ2) is 5.85. The van der Waals surface area contributed by atoms with Gasteiger partial charge >= 0.3 is 0 Å². The number of carbonyl (C=O) groups is 1. The van der Waals surface area contributed by atoms with Crippen LogP contribution in [0.15, 0.2) is 11.4 Å². The van der Waals surface area contributed by atoms with Gasteiger partial charge in [-0.05, 0) is 42.2 Å². The van der Waals surface area contributed by atoms with E-state index in [1.54, 1.807) is 11.3 Å². The topological polar surface area (TPSA) is 46.3 Å². The van der Waals surface area contributed by atoms with Gasteiger partial charge in [0.2, 0.25) is 0 Å². The number of carbonyl (C=O) groups excluding carboxylic acids is 1. The van der Waals surface area contributed by atoms with Gasteiger partial charge in [0.1, 0.15) is 0 Å². The molecule has 100 valence electrons. The van der Waals surface area contributed by atoms with Gasteiger partial charge in [0, 0.05) is 19.1 Å². The zero-order valence-corrected chi connectivity index (χ0v) is 12.0. The Morgan fingerprint density at radius 2 is 2.39 bits per heavy atom. The van der Waals surface area contributed by atoms with Gasteiger partial charge < -0.3 is 10.6 Å². The molecule has 0 aliphatic carbocycles. The third-order valence-corrected chi connectivity index (χ3v) is 4.88. The molecule has 18 heavy (non-hydrogen) atoms. The normalized spacial score (nSPS) is 24.3. The lowest BCUT2D eigenvalue weighted by Crippen LogP contribution is -2.51. The van der Waals surface area contributed by atoms with E-state index in [1.165, 1.54) is 12.0 Å². The Hall–Kier alpha value is -0.870. The molecule has 0 bridgehead atoms. The summed E-state index contributed by atoms with van der Waals surface area (Å²) in [5, 5.41) is 2.01. The Labute approximate surface area is 113 Å². The van der Waals surface area contributed by atoms with Crippen molar-refractivity contribution in [2.45, 2.75) is 39.2 Å². The summed E-state index contributed by atoms with van der Waals surface area (Å²) in [6, 6.07) is 2.26. The third kappa shape index (κ3) is 2.45. The molecule has 3 nitrogen and oxygen atoms in total. The van der Waals surface area contributed by atoms with Crippen LogP contribution in [0, 0.1) is 5.92 Å². The van der Waals surface area contributed by atoms with E-state index in [4.69, 9.17) is 5.73 Å².